The summed E-state index contributed by atoms with van der Waals surface area (Å²) in [6.45, 7) is 6.17. The van der Waals surface area contributed by atoms with Crippen molar-refractivity contribution in [2.45, 2.75) is 39.7 Å². The minimum Gasteiger partial charge on any atom is -0.496 e. The Bertz CT molecular complexity index is 372. The topological polar surface area (TPSA) is 29.5 Å². The monoisotopic (exact) mass is 300 g/mol. The van der Waals surface area contributed by atoms with Crippen LogP contribution in [-0.2, 0) is 6.42 Å². The van der Waals surface area contributed by atoms with Crippen LogP contribution in [0.2, 0.25) is 0 Å². The maximum Gasteiger partial charge on any atom is 0.122 e. The second kappa shape index (κ2) is 5.87. The van der Waals surface area contributed by atoms with Crippen LogP contribution < -0.4 is 4.74 Å². The average Bonchev–Trinajstić information content (AvgIpc) is 2.14. The summed E-state index contributed by atoms with van der Waals surface area (Å²) < 4.78 is 6.42. The molecule has 1 N–H and O–H groups in total. The lowest BCUT2D eigenvalue weighted by molar-refractivity contribution is 0.129. The molecular weight excluding hydrogens is 280 g/mol. The summed E-state index contributed by atoms with van der Waals surface area (Å²) in [5.74, 6) is 0.909. The quantitative estimate of drug-likeness (QED) is 0.896. The third-order valence-corrected chi connectivity index (χ3v) is 3.25. The smallest absolute Gasteiger partial charge is 0.122 e. The van der Waals surface area contributed by atoms with Gasteiger partial charge in [-0.2, -0.15) is 0 Å². The Morgan fingerprint density at radius 2 is 2.06 bits per heavy atom. The van der Waals surface area contributed by atoms with Gasteiger partial charge in [0.1, 0.15) is 5.75 Å². The van der Waals surface area contributed by atoms with E-state index >= 15 is 0 Å². The van der Waals surface area contributed by atoms with Gasteiger partial charge in [0.2, 0.25) is 0 Å². The maximum absolute atomic E-state index is 9.51. The highest BCUT2D eigenvalue weighted by Gasteiger charge is 2.22. The Balaban J connectivity index is 2.89. The summed E-state index contributed by atoms with van der Waals surface area (Å²) in [6.07, 6.45) is 1.39. The number of hydrogen-bond donors (Lipinski definition) is 1. The fourth-order valence-electron chi connectivity index (χ4n) is 2.27. The van der Waals surface area contributed by atoms with Gasteiger partial charge in [-0.15, -0.1) is 0 Å². The fraction of sp³-hybridized carbons (Fsp3) is 0.571. The molecule has 0 aliphatic carbocycles. The van der Waals surface area contributed by atoms with Crippen LogP contribution in [0, 0.1) is 5.41 Å². The van der Waals surface area contributed by atoms with Gasteiger partial charge in [-0.25, -0.2) is 0 Å². The van der Waals surface area contributed by atoms with Crippen LogP contribution in [0.4, 0.5) is 0 Å². The van der Waals surface area contributed by atoms with Crippen LogP contribution in [0.5, 0.6) is 5.75 Å². The molecule has 0 saturated heterocycles. The number of halogens is 1. The predicted molar refractivity (Wildman–Crippen MR) is 74.5 cm³/mol. The van der Waals surface area contributed by atoms with Crippen molar-refractivity contribution in [1.82, 2.24) is 0 Å². The third kappa shape index (κ3) is 4.68. The molecule has 0 aliphatic heterocycles. The van der Waals surface area contributed by atoms with Gasteiger partial charge in [0.15, 0.2) is 0 Å². The van der Waals surface area contributed by atoms with Crippen LogP contribution in [0.25, 0.3) is 0 Å². The number of rotatable bonds is 5. The van der Waals surface area contributed by atoms with E-state index in [0.717, 1.165) is 23.1 Å². The number of ether oxygens (including phenoxy) is 1. The number of hydrogen-bond acceptors (Lipinski definition) is 2. The SMILES string of the molecule is COc1ccc(Br)cc1CC(C)(C)CC(C)O. The van der Waals surface area contributed by atoms with Crippen molar-refractivity contribution in [3.05, 3.63) is 28.2 Å². The molecule has 3 heteroatoms. The first kappa shape index (κ1) is 14.5. The standard InChI is InChI=1S/C14H21BrO2/c1-10(16)8-14(2,3)9-11-7-12(15)5-6-13(11)17-4/h5-7,10,16H,8-9H2,1-4H3. The van der Waals surface area contributed by atoms with Crippen molar-refractivity contribution < 1.29 is 9.84 Å². The number of aliphatic hydroxyl groups excluding tert-OH is 1. The van der Waals surface area contributed by atoms with Crippen LogP contribution in [0.15, 0.2) is 22.7 Å². The molecular formula is C14H21BrO2. The van der Waals surface area contributed by atoms with E-state index in [4.69, 9.17) is 4.74 Å². The van der Waals surface area contributed by atoms with Gasteiger partial charge in [0, 0.05) is 4.47 Å². The van der Waals surface area contributed by atoms with Crippen molar-refractivity contribution in [2.75, 3.05) is 7.11 Å². The first-order valence-electron chi connectivity index (χ1n) is 5.84. The lowest BCUT2D eigenvalue weighted by atomic mass is 9.81. The van der Waals surface area contributed by atoms with E-state index in [9.17, 15) is 5.11 Å². The number of methoxy groups -OCH3 is 1. The molecule has 1 unspecified atom stereocenters. The van der Waals surface area contributed by atoms with E-state index in [2.05, 4.69) is 35.8 Å². The minimum absolute atomic E-state index is 0.0578. The molecule has 0 radical (unpaired) electrons. The molecule has 96 valence electrons. The molecule has 2 nitrogen and oxygen atoms in total. The largest absolute Gasteiger partial charge is 0.496 e. The molecule has 1 aromatic rings. The van der Waals surface area contributed by atoms with Crippen molar-refractivity contribution in [3.63, 3.8) is 0 Å². The van der Waals surface area contributed by atoms with Gasteiger partial charge in [0.25, 0.3) is 0 Å². The van der Waals surface area contributed by atoms with Gasteiger partial charge < -0.3 is 9.84 Å². The highest BCUT2D eigenvalue weighted by molar-refractivity contribution is 9.10. The zero-order valence-corrected chi connectivity index (χ0v) is 12.5. The Morgan fingerprint density at radius 1 is 1.41 bits per heavy atom. The lowest BCUT2D eigenvalue weighted by Gasteiger charge is -2.27. The van der Waals surface area contributed by atoms with Crippen molar-refractivity contribution in [1.29, 1.82) is 0 Å². The van der Waals surface area contributed by atoms with Gasteiger partial charge in [-0.05, 0) is 48.9 Å². The van der Waals surface area contributed by atoms with Gasteiger partial charge >= 0.3 is 0 Å². The summed E-state index contributed by atoms with van der Waals surface area (Å²) in [6, 6.07) is 6.03. The molecule has 0 amide bonds. The molecule has 0 spiro atoms. The summed E-state index contributed by atoms with van der Waals surface area (Å²) in [4.78, 5) is 0. The van der Waals surface area contributed by atoms with Crippen molar-refractivity contribution in [3.8, 4) is 5.75 Å². The Hall–Kier alpha value is -0.540. The maximum atomic E-state index is 9.51. The van der Waals surface area contributed by atoms with Crippen molar-refractivity contribution in [2.24, 2.45) is 5.41 Å². The molecule has 0 saturated carbocycles. The van der Waals surface area contributed by atoms with Gasteiger partial charge in [-0.1, -0.05) is 29.8 Å². The molecule has 1 atom stereocenters. The lowest BCUT2D eigenvalue weighted by Crippen LogP contribution is -2.21. The Morgan fingerprint density at radius 3 is 2.59 bits per heavy atom. The van der Waals surface area contributed by atoms with Crippen LogP contribution >= 0.6 is 15.9 Å². The summed E-state index contributed by atoms with van der Waals surface area (Å²) in [5.41, 5.74) is 1.23. The fourth-order valence-corrected chi connectivity index (χ4v) is 2.68. The highest BCUT2D eigenvalue weighted by Crippen LogP contribution is 2.33. The zero-order chi connectivity index (χ0) is 13.1. The summed E-state index contributed by atoms with van der Waals surface area (Å²) >= 11 is 3.48. The van der Waals surface area contributed by atoms with E-state index in [1.807, 2.05) is 19.1 Å². The molecule has 1 aromatic carbocycles. The van der Waals surface area contributed by atoms with E-state index in [1.54, 1.807) is 7.11 Å². The Kier molecular flexibility index (Phi) is 5.02. The third-order valence-electron chi connectivity index (χ3n) is 2.76. The molecule has 0 heterocycles. The Labute approximate surface area is 112 Å². The molecule has 1 rings (SSSR count). The first-order valence-corrected chi connectivity index (χ1v) is 6.64. The first-order chi connectivity index (χ1) is 7.84. The predicted octanol–water partition coefficient (Wildman–Crippen LogP) is 3.80. The minimum atomic E-state index is -0.275. The molecule has 0 bridgehead atoms. The van der Waals surface area contributed by atoms with Gasteiger partial charge in [0.05, 0.1) is 13.2 Å². The average molecular weight is 301 g/mol. The molecule has 17 heavy (non-hydrogen) atoms. The van der Waals surface area contributed by atoms with Gasteiger partial charge in [-0.3, -0.25) is 0 Å². The van der Waals surface area contributed by atoms with Crippen molar-refractivity contribution >= 4 is 15.9 Å². The summed E-state index contributed by atoms with van der Waals surface area (Å²) in [7, 11) is 1.69. The normalized spacial score (nSPS) is 13.5. The number of benzene rings is 1. The van der Waals surface area contributed by atoms with E-state index in [1.165, 1.54) is 5.56 Å². The molecule has 0 aliphatic rings. The molecule has 0 fully saturated rings. The van der Waals surface area contributed by atoms with E-state index < -0.39 is 0 Å². The van der Waals surface area contributed by atoms with E-state index in [-0.39, 0.29) is 11.5 Å². The van der Waals surface area contributed by atoms with Crippen LogP contribution in [0.1, 0.15) is 32.8 Å². The highest BCUT2D eigenvalue weighted by atomic mass is 79.9. The summed E-state index contributed by atoms with van der Waals surface area (Å²) in [5, 5.41) is 9.51. The zero-order valence-electron chi connectivity index (χ0n) is 11.0. The van der Waals surface area contributed by atoms with E-state index in [0.29, 0.717) is 0 Å². The van der Waals surface area contributed by atoms with Crippen LogP contribution in [-0.4, -0.2) is 18.3 Å². The number of aliphatic hydroxyl groups is 1. The second-order valence-corrected chi connectivity index (χ2v) is 6.27. The second-order valence-electron chi connectivity index (χ2n) is 5.35. The van der Waals surface area contributed by atoms with Crippen LogP contribution in [0.3, 0.4) is 0 Å². The molecule has 0 aromatic heterocycles.